The Labute approximate surface area is 113 Å². The van der Waals surface area contributed by atoms with Crippen molar-refractivity contribution < 1.29 is 0 Å². The predicted octanol–water partition coefficient (Wildman–Crippen LogP) is 3.07. The molecule has 0 unspecified atom stereocenters. The molecule has 0 aliphatic heterocycles. The molecule has 0 spiro atoms. The Morgan fingerprint density at radius 2 is 1.76 bits per heavy atom. The Bertz CT molecular complexity index is 501. The molecule has 0 atom stereocenters. The molecule has 92 valence electrons. The molecule has 2 aromatic rings. The van der Waals surface area contributed by atoms with Gasteiger partial charge in [0, 0.05) is 23.1 Å². The van der Waals surface area contributed by atoms with Crippen LogP contribution < -0.4 is 11.5 Å². The van der Waals surface area contributed by atoms with Gasteiger partial charge in [-0.3, -0.25) is 4.98 Å². The molecule has 0 aliphatic rings. The van der Waals surface area contributed by atoms with Crippen molar-refractivity contribution in [3.63, 3.8) is 0 Å². The summed E-state index contributed by atoms with van der Waals surface area (Å²) in [6, 6.07) is 9.35. The lowest BCUT2D eigenvalue weighted by atomic mass is 10.0. The smallest absolute Gasteiger partial charge is 0.0752 e. The van der Waals surface area contributed by atoms with Crippen molar-refractivity contribution in [2.45, 2.75) is 6.92 Å². The second-order valence-corrected chi connectivity index (χ2v) is 3.52. The van der Waals surface area contributed by atoms with Crippen LogP contribution in [-0.2, 0) is 0 Å². The van der Waals surface area contributed by atoms with E-state index < -0.39 is 0 Å². The summed E-state index contributed by atoms with van der Waals surface area (Å²) in [5, 5.41) is 0. The highest BCUT2D eigenvalue weighted by molar-refractivity contribution is 5.85. The lowest BCUT2D eigenvalue weighted by Crippen LogP contribution is -1.95. The molecule has 1 heterocycles. The first kappa shape index (κ1) is 15.6. The van der Waals surface area contributed by atoms with Crippen molar-refractivity contribution in [1.82, 2.24) is 4.98 Å². The van der Waals surface area contributed by atoms with Gasteiger partial charge in [0.2, 0.25) is 0 Å². The van der Waals surface area contributed by atoms with Gasteiger partial charge in [-0.1, -0.05) is 6.07 Å². The van der Waals surface area contributed by atoms with Gasteiger partial charge in [0.05, 0.1) is 5.69 Å². The minimum atomic E-state index is 0. The van der Waals surface area contributed by atoms with E-state index in [0.29, 0.717) is 11.4 Å². The number of halogens is 2. The number of aryl methyl sites for hydroxylation is 1. The van der Waals surface area contributed by atoms with Crippen molar-refractivity contribution in [3.8, 4) is 11.3 Å². The first-order valence-electron chi connectivity index (χ1n) is 4.75. The lowest BCUT2D eigenvalue weighted by molar-refractivity contribution is 1.27. The zero-order valence-electron chi connectivity index (χ0n) is 9.38. The van der Waals surface area contributed by atoms with Crippen LogP contribution in [0.3, 0.4) is 0 Å². The summed E-state index contributed by atoms with van der Waals surface area (Å²) in [6.45, 7) is 2.00. The van der Waals surface area contributed by atoms with Crippen molar-refractivity contribution in [3.05, 3.63) is 42.1 Å². The number of hydrogen-bond acceptors (Lipinski definition) is 3. The van der Waals surface area contributed by atoms with Crippen LogP contribution in [0.2, 0.25) is 0 Å². The molecule has 4 N–H and O–H groups in total. The fourth-order valence-electron chi connectivity index (χ4n) is 1.55. The SMILES string of the molecule is Cc1cccnc1-c1cc(N)ccc1N.Cl.Cl. The molecule has 3 nitrogen and oxygen atoms in total. The fraction of sp³-hybridized carbons (Fsp3) is 0.0833. The van der Waals surface area contributed by atoms with E-state index in [9.17, 15) is 0 Å². The van der Waals surface area contributed by atoms with E-state index in [4.69, 9.17) is 11.5 Å². The van der Waals surface area contributed by atoms with E-state index in [1.807, 2.05) is 25.1 Å². The zero-order valence-corrected chi connectivity index (χ0v) is 11.0. The number of benzene rings is 1. The third kappa shape index (κ3) is 3.25. The highest BCUT2D eigenvalue weighted by Gasteiger charge is 2.06. The number of aromatic nitrogens is 1. The molecule has 17 heavy (non-hydrogen) atoms. The van der Waals surface area contributed by atoms with Crippen LogP contribution in [0.4, 0.5) is 11.4 Å². The van der Waals surface area contributed by atoms with Gasteiger partial charge >= 0.3 is 0 Å². The van der Waals surface area contributed by atoms with Crippen LogP contribution in [-0.4, -0.2) is 4.98 Å². The van der Waals surface area contributed by atoms with Crippen molar-refractivity contribution >= 4 is 36.2 Å². The summed E-state index contributed by atoms with van der Waals surface area (Å²) >= 11 is 0. The summed E-state index contributed by atoms with van der Waals surface area (Å²) in [4.78, 5) is 4.31. The third-order valence-corrected chi connectivity index (χ3v) is 2.34. The molecule has 0 fully saturated rings. The Kier molecular flexibility index (Phi) is 5.79. The third-order valence-electron chi connectivity index (χ3n) is 2.34. The minimum Gasteiger partial charge on any atom is -0.399 e. The lowest BCUT2D eigenvalue weighted by Gasteiger charge is -2.08. The maximum Gasteiger partial charge on any atom is 0.0752 e. The van der Waals surface area contributed by atoms with Crippen LogP contribution in [0.1, 0.15) is 5.56 Å². The van der Waals surface area contributed by atoms with E-state index in [1.165, 1.54) is 0 Å². The second kappa shape index (κ2) is 6.33. The number of nitrogens with two attached hydrogens (primary N) is 2. The largest absolute Gasteiger partial charge is 0.399 e. The van der Waals surface area contributed by atoms with Gasteiger partial charge in [0.25, 0.3) is 0 Å². The molecule has 5 heteroatoms. The summed E-state index contributed by atoms with van der Waals surface area (Å²) in [5.74, 6) is 0. The highest BCUT2D eigenvalue weighted by atomic mass is 35.5. The predicted molar refractivity (Wildman–Crippen MR) is 77.7 cm³/mol. The van der Waals surface area contributed by atoms with Gasteiger partial charge < -0.3 is 11.5 Å². The van der Waals surface area contributed by atoms with Crippen molar-refractivity contribution in [2.24, 2.45) is 0 Å². The Morgan fingerprint density at radius 3 is 2.41 bits per heavy atom. The summed E-state index contributed by atoms with van der Waals surface area (Å²) in [7, 11) is 0. The first-order chi connectivity index (χ1) is 7.18. The molecule has 0 radical (unpaired) electrons. The van der Waals surface area contributed by atoms with Crippen LogP contribution in [0.25, 0.3) is 11.3 Å². The topological polar surface area (TPSA) is 64.9 Å². The minimum absolute atomic E-state index is 0. The second-order valence-electron chi connectivity index (χ2n) is 3.52. The molecule has 1 aromatic carbocycles. The number of pyridine rings is 1. The normalized spacial score (nSPS) is 9.00. The zero-order chi connectivity index (χ0) is 10.8. The van der Waals surface area contributed by atoms with Gasteiger partial charge in [-0.25, -0.2) is 0 Å². The highest BCUT2D eigenvalue weighted by Crippen LogP contribution is 2.28. The molecule has 1 aromatic heterocycles. The number of hydrogen-bond donors (Lipinski definition) is 2. The monoisotopic (exact) mass is 271 g/mol. The van der Waals surface area contributed by atoms with E-state index in [2.05, 4.69) is 4.98 Å². The van der Waals surface area contributed by atoms with Crippen molar-refractivity contribution in [2.75, 3.05) is 11.5 Å². The number of nitrogen functional groups attached to an aromatic ring is 2. The molecule has 0 saturated carbocycles. The average molecular weight is 272 g/mol. The fourth-order valence-corrected chi connectivity index (χ4v) is 1.55. The molecular formula is C12H15Cl2N3. The van der Waals surface area contributed by atoms with Crippen LogP contribution in [0.15, 0.2) is 36.5 Å². The van der Waals surface area contributed by atoms with E-state index in [0.717, 1.165) is 16.8 Å². The van der Waals surface area contributed by atoms with E-state index >= 15 is 0 Å². The Balaban J connectivity index is 0.00000128. The number of anilines is 2. The standard InChI is InChI=1S/C12H13N3.2ClH/c1-8-3-2-6-15-12(8)10-7-9(13)4-5-11(10)14;;/h2-7H,13-14H2,1H3;2*1H. The van der Waals surface area contributed by atoms with Gasteiger partial charge in [-0.05, 0) is 36.8 Å². The van der Waals surface area contributed by atoms with Crippen molar-refractivity contribution in [1.29, 1.82) is 0 Å². The maximum atomic E-state index is 5.89. The van der Waals surface area contributed by atoms with Gasteiger partial charge in [-0.15, -0.1) is 24.8 Å². The average Bonchev–Trinajstić information content (AvgIpc) is 2.23. The van der Waals surface area contributed by atoms with Gasteiger partial charge in [0.1, 0.15) is 0 Å². The van der Waals surface area contributed by atoms with E-state index in [-0.39, 0.29) is 24.8 Å². The quantitative estimate of drug-likeness (QED) is 0.784. The molecular weight excluding hydrogens is 257 g/mol. The van der Waals surface area contributed by atoms with Gasteiger partial charge in [-0.2, -0.15) is 0 Å². The molecule has 0 saturated heterocycles. The Morgan fingerprint density at radius 1 is 1.06 bits per heavy atom. The van der Waals surface area contributed by atoms with Crippen LogP contribution in [0.5, 0.6) is 0 Å². The summed E-state index contributed by atoms with van der Waals surface area (Å²) in [6.07, 6.45) is 1.75. The Hall–Kier alpha value is -1.45. The maximum absolute atomic E-state index is 5.89. The van der Waals surface area contributed by atoms with E-state index in [1.54, 1.807) is 18.3 Å². The molecule has 0 amide bonds. The number of rotatable bonds is 1. The summed E-state index contributed by atoms with van der Waals surface area (Å²) < 4.78 is 0. The van der Waals surface area contributed by atoms with Crippen LogP contribution in [0, 0.1) is 6.92 Å². The summed E-state index contributed by atoms with van der Waals surface area (Å²) in [5.41, 5.74) is 15.9. The molecule has 2 rings (SSSR count). The first-order valence-corrected chi connectivity index (χ1v) is 4.75. The molecule has 0 aliphatic carbocycles. The van der Waals surface area contributed by atoms with Gasteiger partial charge in [0.15, 0.2) is 0 Å². The number of nitrogens with zero attached hydrogens (tertiary/aromatic N) is 1. The van der Waals surface area contributed by atoms with Crippen LogP contribution >= 0.6 is 24.8 Å². The molecule has 0 bridgehead atoms.